The molecule has 0 aliphatic carbocycles. The van der Waals surface area contributed by atoms with E-state index in [2.05, 4.69) is 5.32 Å². The van der Waals surface area contributed by atoms with Gasteiger partial charge in [0.25, 0.3) is 0 Å². The first-order chi connectivity index (χ1) is 12.9. The van der Waals surface area contributed by atoms with Gasteiger partial charge in [-0.25, -0.2) is 13.2 Å². The molecule has 5 nitrogen and oxygen atoms in total. The zero-order valence-electron chi connectivity index (χ0n) is 15.8. The van der Waals surface area contributed by atoms with E-state index in [1.165, 1.54) is 11.3 Å². The number of piperidine rings is 1. The normalized spacial score (nSPS) is 16.1. The van der Waals surface area contributed by atoms with Gasteiger partial charge in [-0.3, -0.25) is 0 Å². The van der Waals surface area contributed by atoms with Crippen LogP contribution in [0.25, 0.3) is 0 Å². The highest BCUT2D eigenvalue weighted by Crippen LogP contribution is 2.32. The van der Waals surface area contributed by atoms with Gasteiger partial charge in [0.2, 0.25) is 0 Å². The molecule has 1 saturated heterocycles. The molecule has 2 amide bonds. The standard InChI is InChI=1S/C20H26N2O3S2/c1-15-8-9-17(13-16(15)2)27(24,25)19(18-7-6-12-26-18)14-21-20(23)22-10-4-3-5-11-22/h6-9,12-13,19H,3-5,10-11,14H2,1-2H3,(H,21,23)/t19-/m0/s1. The molecule has 0 spiro atoms. The Kier molecular flexibility index (Phi) is 6.22. The topological polar surface area (TPSA) is 66.5 Å². The number of carbonyl (C=O) groups is 1. The highest BCUT2D eigenvalue weighted by Gasteiger charge is 2.31. The van der Waals surface area contributed by atoms with E-state index >= 15 is 0 Å². The second-order valence-electron chi connectivity index (χ2n) is 7.03. The van der Waals surface area contributed by atoms with Crippen LogP contribution in [0.15, 0.2) is 40.6 Å². The molecule has 0 saturated carbocycles. The number of amides is 2. The Labute approximate surface area is 165 Å². The van der Waals surface area contributed by atoms with Crippen LogP contribution in [-0.4, -0.2) is 39.0 Å². The molecule has 146 valence electrons. The third-order valence-electron chi connectivity index (χ3n) is 5.12. The van der Waals surface area contributed by atoms with Gasteiger partial charge in [-0.1, -0.05) is 12.1 Å². The molecule has 1 atom stereocenters. The van der Waals surface area contributed by atoms with Gasteiger partial charge >= 0.3 is 6.03 Å². The zero-order valence-corrected chi connectivity index (χ0v) is 17.4. The minimum absolute atomic E-state index is 0.0745. The Morgan fingerprint density at radius 2 is 1.89 bits per heavy atom. The van der Waals surface area contributed by atoms with Crippen molar-refractivity contribution in [2.75, 3.05) is 19.6 Å². The molecule has 1 aliphatic heterocycles. The Morgan fingerprint density at radius 1 is 1.15 bits per heavy atom. The van der Waals surface area contributed by atoms with E-state index in [-0.39, 0.29) is 12.6 Å². The molecule has 1 aromatic carbocycles. The average Bonchev–Trinajstić information content (AvgIpc) is 3.18. The van der Waals surface area contributed by atoms with Gasteiger partial charge in [0.1, 0.15) is 5.25 Å². The highest BCUT2D eigenvalue weighted by molar-refractivity contribution is 7.91. The molecular weight excluding hydrogens is 380 g/mol. The van der Waals surface area contributed by atoms with Crippen molar-refractivity contribution in [3.05, 3.63) is 51.7 Å². The Balaban J connectivity index is 1.83. The van der Waals surface area contributed by atoms with Gasteiger partial charge in [0, 0.05) is 24.5 Å². The van der Waals surface area contributed by atoms with Crippen LogP contribution in [0.2, 0.25) is 0 Å². The molecule has 2 heterocycles. The number of aryl methyl sites for hydroxylation is 2. The van der Waals surface area contributed by atoms with Crippen LogP contribution in [0.5, 0.6) is 0 Å². The molecule has 27 heavy (non-hydrogen) atoms. The number of benzene rings is 1. The van der Waals surface area contributed by atoms with E-state index in [9.17, 15) is 13.2 Å². The van der Waals surface area contributed by atoms with Gasteiger partial charge in [-0.05, 0) is 67.8 Å². The number of likely N-dealkylation sites (tertiary alicyclic amines) is 1. The number of urea groups is 1. The molecule has 0 bridgehead atoms. The summed E-state index contributed by atoms with van der Waals surface area (Å²) in [5.74, 6) is 0. The van der Waals surface area contributed by atoms with Crippen LogP contribution in [0.1, 0.15) is 40.5 Å². The van der Waals surface area contributed by atoms with Crippen molar-refractivity contribution in [3.63, 3.8) is 0 Å². The summed E-state index contributed by atoms with van der Waals surface area (Å²) in [6.45, 7) is 5.41. The van der Waals surface area contributed by atoms with Crippen LogP contribution < -0.4 is 5.32 Å². The lowest BCUT2D eigenvalue weighted by molar-refractivity contribution is 0.186. The van der Waals surface area contributed by atoms with E-state index in [0.717, 1.165) is 48.4 Å². The number of nitrogens with zero attached hydrogens (tertiary/aromatic N) is 1. The van der Waals surface area contributed by atoms with Crippen molar-refractivity contribution in [1.82, 2.24) is 10.2 Å². The van der Waals surface area contributed by atoms with Gasteiger partial charge in [0.15, 0.2) is 9.84 Å². The summed E-state index contributed by atoms with van der Waals surface area (Å²) < 4.78 is 26.6. The average molecular weight is 407 g/mol. The molecule has 1 aromatic heterocycles. The second-order valence-corrected chi connectivity index (χ2v) is 10.1. The summed E-state index contributed by atoms with van der Waals surface area (Å²) in [5.41, 5.74) is 2.00. The quantitative estimate of drug-likeness (QED) is 0.814. The number of carbonyl (C=O) groups excluding carboxylic acids is 1. The number of hydrogen-bond acceptors (Lipinski definition) is 4. The summed E-state index contributed by atoms with van der Waals surface area (Å²) in [6, 6.07) is 8.70. The van der Waals surface area contributed by atoms with E-state index in [4.69, 9.17) is 0 Å². The number of rotatable bonds is 5. The molecule has 3 rings (SSSR count). The minimum Gasteiger partial charge on any atom is -0.336 e. The molecule has 1 N–H and O–H groups in total. The molecular formula is C20H26N2O3S2. The van der Waals surface area contributed by atoms with Crippen LogP contribution in [0.4, 0.5) is 4.79 Å². The first-order valence-corrected chi connectivity index (χ1v) is 11.7. The molecule has 1 aliphatic rings. The van der Waals surface area contributed by atoms with Gasteiger partial charge in [0.05, 0.1) is 4.90 Å². The molecule has 2 aromatic rings. The molecule has 0 unspecified atom stereocenters. The fourth-order valence-electron chi connectivity index (χ4n) is 3.28. The SMILES string of the molecule is Cc1ccc(S(=O)(=O)[C@@H](CNC(=O)N2CCCCC2)c2cccs2)cc1C. The monoisotopic (exact) mass is 406 g/mol. The van der Waals surface area contributed by atoms with Crippen molar-refractivity contribution in [3.8, 4) is 0 Å². The lowest BCUT2D eigenvalue weighted by atomic mass is 10.1. The summed E-state index contributed by atoms with van der Waals surface area (Å²) in [6.07, 6.45) is 3.15. The van der Waals surface area contributed by atoms with E-state index in [0.29, 0.717) is 4.90 Å². The largest absolute Gasteiger partial charge is 0.336 e. The number of sulfone groups is 1. The number of thiophene rings is 1. The summed E-state index contributed by atoms with van der Waals surface area (Å²) in [7, 11) is -3.61. The minimum atomic E-state index is -3.61. The van der Waals surface area contributed by atoms with Gasteiger partial charge < -0.3 is 10.2 Å². The molecule has 0 radical (unpaired) electrons. The fraction of sp³-hybridized carbons (Fsp3) is 0.450. The van der Waals surface area contributed by atoms with Crippen molar-refractivity contribution >= 4 is 27.2 Å². The van der Waals surface area contributed by atoms with Crippen molar-refractivity contribution in [1.29, 1.82) is 0 Å². The predicted octanol–water partition coefficient (Wildman–Crippen LogP) is 4.08. The summed E-state index contributed by atoms with van der Waals surface area (Å²) in [4.78, 5) is 15.3. The number of hydrogen-bond donors (Lipinski definition) is 1. The summed E-state index contributed by atoms with van der Waals surface area (Å²) in [5, 5.41) is 3.94. The van der Waals surface area contributed by atoms with Gasteiger partial charge in [-0.2, -0.15) is 0 Å². The molecule has 1 fully saturated rings. The third kappa shape index (κ3) is 4.52. The third-order valence-corrected chi connectivity index (χ3v) is 8.34. The predicted molar refractivity (Wildman–Crippen MR) is 109 cm³/mol. The first kappa shape index (κ1) is 19.9. The van der Waals surface area contributed by atoms with Crippen molar-refractivity contribution in [2.45, 2.75) is 43.3 Å². The van der Waals surface area contributed by atoms with Crippen molar-refractivity contribution in [2.24, 2.45) is 0 Å². The maximum atomic E-state index is 13.3. The lowest BCUT2D eigenvalue weighted by Gasteiger charge is -2.27. The first-order valence-electron chi connectivity index (χ1n) is 9.27. The van der Waals surface area contributed by atoms with E-state index < -0.39 is 15.1 Å². The Hall–Kier alpha value is -1.86. The Morgan fingerprint density at radius 3 is 2.52 bits per heavy atom. The van der Waals surface area contributed by atoms with Crippen molar-refractivity contribution < 1.29 is 13.2 Å². The molecule has 7 heteroatoms. The highest BCUT2D eigenvalue weighted by atomic mass is 32.2. The maximum absolute atomic E-state index is 13.3. The van der Waals surface area contributed by atoms with Crippen LogP contribution in [0.3, 0.4) is 0 Å². The van der Waals surface area contributed by atoms with E-state index in [1.807, 2.05) is 37.4 Å². The van der Waals surface area contributed by atoms with E-state index in [1.54, 1.807) is 17.0 Å². The lowest BCUT2D eigenvalue weighted by Crippen LogP contribution is -2.44. The second kappa shape index (κ2) is 8.44. The smallest absolute Gasteiger partial charge is 0.317 e. The number of nitrogens with one attached hydrogen (secondary N) is 1. The fourth-order valence-corrected chi connectivity index (χ4v) is 6.15. The van der Waals surface area contributed by atoms with Crippen LogP contribution >= 0.6 is 11.3 Å². The Bertz CT molecular complexity index is 886. The van der Waals surface area contributed by atoms with Crippen LogP contribution in [0, 0.1) is 13.8 Å². The summed E-state index contributed by atoms with van der Waals surface area (Å²) >= 11 is 1.40. The van der Waals surface area contributed by atoms with Crippen LogP contribution in [-0.2, 0) is 9.84 Å². The maximum Gasteiger partial charge on any atom is 0.317 e. The van der Waals surface area contributed by atoms with Gasteiger partial charge in [-0.15, -0.1) is 11.3 Å². The zero-order chi connectivity index (χ0) is 19.4.